The SMILES string of the molecule is Cc1cc(Oc2ccccc2)ccc1N1C(=O)Nc2c(C(=O)N[C@H]3CNC(=C=O)C3)sc3nccc1c23. The topological polar surface area (TPSA) is 113 Å². The molecule has 10 heteroatoms. The van der Waals surface area contributed by atoms with Gasteiger partial charge in [0.05, 0.1) is 34.2 Å². The number of amides is 3. The van der Waals surface area contributed by atoms with Crippen LogP contribution in [-0.4, -0.2) is 35.5 Å². The monoisotopic (exact) mass is 511 g/mol. The number of hydrogen-bond acceptors (Lipinski definition) is 7. The Hall–Kier alpha value is -4.66. The van der Waals surface area contributed by atoms with E-state index in [1.54, 1.807) is 17.2 Å². The Balaban J connectivity index is 1.33. The van der Waals surface area contributed by atoms with Crippen molar-refractivity contribution in [1.82, 2.24) is 15.6 Å². The van der Waals surface area contributed by atoms with Gasteiger partial charge in [-0.05, 0) is 48.9 Å². The lowest BCUT2D eigenvalue weighted by Crippen LogP contribution is -2.37. The van der Waals surface area contributed by atoms with E-state index in [4.69, 9.17) is 4.74 Å². The Kier molecular flexibility index (Phi) is 5.60. The summed E-state index contributed by atoms with van der Waals surface area (Å²) < 4.78 is 5.94. The zero-order valence-corrected chi connectivity index (χ0v) is 20.5. The molecule has 9 nitrogen and oxygen atoms in total. The number of rotatable bonds is 5. The van der Waals surface area contributed by atoms with E-state index in [0.717, 1.165) is 11.3 Å². The normalized spacial score (nSPS) is 16.2. The third-order valence-electron chi connectivity index (χ3n) is 6.31. The van der Waals surface area contributed by atoms with Crippen LogP contribution < -0.4 is 25.6 Å². The second kappa shape index (κ2) is 9.09. The molecule has 4 aromatic rings. The van der Waals surface area contributed by atoms with Crippen molar-refractivity contribution in [2.24, 2.45) is 0 Å². The maximum Gasteiger partial charge on any atom is 0.331 e. The average molecular weight is 512 g/mol. The van der Waals surface area contributed by atoms with Crippen molar-refractivity contribution in [1.29, 1.82) is 0 Å². The van der Waals surface area contributed by atoms with Crippen LogP contribution in [0.25, 0.3) is 10.2 Å². The van der Waals surface area contributed by atoms with Gasteiger partial charge in [-0.3, -0.25) is 9.69 Å². The zero-order valence-electron chi connectivity index (χ0n) is 19.7. The number of nitrogens with one attached hydrogen (secondary N) is 3. The number of anilines is 3. The summed E-state index contributed by atoms with van der Waals surface area (Å²) in [6.07, 6.45) is 2.03. The van der Waals surface area contributed by atoms with Crippen molar-refractivity contribution in [3.8, 4) is 11.5 Å². The fraction of sp³-hybridized carbons (Fsp3) is 0.148. The van der Waals surface area contributed by atoms with Gasteiger partial charge >= 0.3 is 6.03 Å². The van der Waals surface area contributed by atoms with Crippen molar-refractivity contribution in [3.05, 3.63) is 76.9 Å². The Morgan fingerprint density at radius 2 is 2.00 bits per heavy atom. The molecule has 6 rings (SSSR count). The minimum atomic E-state index is -0.374. The molecule has 1 saturated heterocycles. The van der Waals surface area contributed by atoms with Crippen molar-refractivity contribution in [2.45, 2.75) is 19.4 Å². The molecule has 184 valence electrons. The van der Waals surface area contributed by atoms with Gasteiger partial charge in [-0.1, -0.05) is 18.2 Å². The molecule has 2 aromatic heterocycles. The van der Waals surface area contributed by atoms with Gasteiger partial charge in [-0.25, -0.2) is 14.6 Å². The van der Waals surface area contributed by atoms with E-state index >= 15 is 0 Å². The molecular formula is C27H21N5O4S. The van der Waals surface area contributed by atoms with Crippen LogP contribution in [0.4, 0.5) is 21.9 Å². The first-order valence-electron chi connectivity index (χ1n) is 11.7. The summed E-state index contributed by atoms with van der Waals surface area (Å²) in [4.78, 5) is 44.5. The molecule has 2 aromatic carbocycles. The van der Waals surface area contributed by atoms with E-state index in [2.05, 4.69) is 20.9 Å². The number of carbonyl (C=O) groups is 2. The lowest BCUT2D eigenvalue weighted by molar-refractivity contribution is 0.0945. The second-order valence-corrected chi connectivity index (χ2v) is 9.78. The van der Waals surface area contributed by atoms with Crippen molar-refractivity contribution in [2.75, 3.05) is 16.8 Å². The summed E-state index contributed by atoms with van der Waals surface area (Å²) in [5.74, 6) is 2.90. The molecule has 2 aliphatic rings. The Morgan fingerprint density at radius 1 is 1.16 bits per heavy atom. The number of urea groups is 1. The Morgan fingerprint density at radius 3 is 2.76 bits per heavy atom. The molecule has 1 atom stereocenters. The van der Waals surface area contributed by atoms with Gasteiger partial charge in [0.2, 0.25) is 0 Å². The lowest BCUT2D eigenvalue weighted by Gasteiger charge is -2.29. The van der Waals surface area contributed by atoms with Crippen LogP contribution in [0, 0.1) is 6.92 Å². The van der Waals surface area contributed by atoms with Gasteiger partial charge in [0.25, 0.3) is 5.91 Å². The highest BCUT2D eigenvalue weighted by Crippen LogP contribution is 2.46. The van der Waals surface area contributed by atoms with Crippen LogP contribution in [0.3, 0.4) is 0 Å². The van der Waals surface area contributed by atoms with Crippen LogP contribution in [0.1, 0.15) is 21.7 Å². The highest BCUT2D eigenvalue weighted by molar-refractivity contribution is 7.21. The van der Waals surface area contributed by atoms with E-state index in [-0.39, 0.29) is 18.0 Å². The standard InChI is InChI=1S/C27H21N5O4S/c1-15-11-19(36-18-5-3-2-4-6-18)7-8-20(15)32-21-9-10-28-26-22(21)23(31-27(32)35)24(37-26)25(34)30-16-12-17(14-33)29-13-16/h2-11,16,29H,12-13H2,1H3,(H,30,34)(H,31,35)/t16-/m1/s1. The summed E-state index contributed by atoms with van der Waals surface area (Å²) in [5.41, 5.74) is 3.07. The Labute approximate surface area is 215 Å². The first-order valence-corrected chi connectivity index (χ1v) is 12.5. The van der Waals surface area contributed by atoms with Gasteiger partial charge in [-0.2, -0.15) is 0 Å². The molecule has 0 bridgehead atoms. The second-order valence-electron chi connectivity index (χ2n) is 8.78. The first-order chi connectivity index (χ1) is 18.0. The van der Waals surface area contributed by atoms with Crippen LogP contribution in [-0.2, 0) is 4.79 Å². The molecular weight excluding hydrogens is 490 g/mol. The first kappa shape index (κ1) is 22.8. The zero-order chi connectivity index (χ0) is 25.5. The Bertz CT molecular complexity index is 1610. The van der Waals surface area contributed by atoms with Crippen LogP contribution in [0.5, 0.6) is 11.5 Å². The van der Waals surface area contributed by atoms with Crippen LogP contribution in [0.2, 0.25) is 0 Å². The van der Waals surface area contributed by atoms with Gasteiger partial charge in [0, 0.05) is 19.2 Å². The molecule has 0 radical (unpaired) electrons. The molecule has 1 fully saturated rings. The molecule has 0 spiro atoms. The van der Waals surface area contributed by atoms with Gasteiger partial charge in [0.15, 0.2) is 0 Å². The van der Waals surface area contributed by atoms with Crippen LogP contribution in [0.15, 0.2) is 66.5 Å². The van der Waals surface area contributed by atoms with E-state index in [1.165, 1.54) is 11.3 Å². The number of nitrogens with zero attached hydrogens (tertiary/aromatic N) is 2. The molecule has 3 N–H and O–H groups in total. The number of aryl methyl sites for hydroxylation is 1. The fourth-order valence-corrected chi connectivity index (χ4v) is 5.64. The highest BCUT2D eigenvalue weighted by atomic mass is 32.1. The molecule has 2 aliphatic heterocycles. The average Bonchev–Trinajstić information content (AvgIpc) is 3.51. The number of aromatic nitrogens is 1. The van der Waals surface area contributed by atoms with E-state index in [0.29, 0.717) is 56.6 Å². The summed E-state index contributed by atoms with van der Waals surface area (Å²) in [6, 6.07) is 16.2. The molecule has 0 saturated carbocycles. The largest absolute Gasteiger partial charge is 0.457 e. The predicted octanol–water partition coefficient (Wildman–Crippen LogP) is 4.89. The van der Waals surface area contributed by atoms with E-state index < -0.39 is 0 Å². The molecule has 0 aliphatic carbocycles. The third kappa shape index (κ3) is 4.08. The van der Waals surface area contributed by atoms with E-state index in [1.807, 2.05) is 61.4 Å². The van der Waals surface area contributed by atoms with Crippen LogP contribution >= 0.6 is 11.3 Å². The number of hydrogen-bond donors (Lipinski definition) is 3. The minimum Gasteiger partial charge on any atom is -0.457 e. The van der Waals surface area contributed by atoms with E-state index in [9.17, 15) is 14.4 Å². The maximum atomic E-state index is 13.4. The predicted molar refractivity (Wildman–Crippen MR) is 142 cm³/mol. The molecule has 37 heavy (non-hydrogen) atoms. The number of carbonyl (C=O) groups excluding carboxylic acids is 3. The van der Waals surface area contributed by atoms with Gasteiger partial charge in [0.1, 0.15) is 27.1 Å². The number of pyridine rings is 1. The van der Waals surface area contributed by atoms with Gasteiger partial charge in [-0.15, -0.1) is 11.3 Å². The molecule has 0 unspecified atom stereocenters. The molecule has 3 amide bonds. The molecule has 4 heterocycles. The quantitative estimate of drug-likeness (QED) is 0.329. The number of thiophene rings is 1. The summed E-state index contributed by atoms with van der Waals surface area (Å²) in [5, 5.41) is 9.48. The summed E-state index contributed by atoms with van der Waals surface area (Å²) in [7, 11) is 0. The highest BCUT2D eigenvalue weighted by Gasteiger charge is 2.34. The number of para-hydroxylation sites is 1. The fourth-order valence-electron chi connectivity index (χ4n) is 4.62. The maximum absolute atomic E-state index is 13.4. The lowest BCUT2D eigenvalue weighted by atomic mass is 10.1. The van der Waals surface area contributed by atoms with Crippen molar-refractivity contribution in [3.63, 3.8) is 0 Å². The smallest absolute Gasteiger partial charge is 0.331 e. The summed E-state index contributed by atoms with van der Waals surface area (Å²) in [6.45, 7) is 2.36. The van der Waals surface area contributed by atoms with Gasteiger partial charge < -0.3 is 20.7 Å². The van der Waals surface area contributed by atoms with Crippen molar-refractivity contribution < 1.29 is 19.1 Å². The number of benzene rings is 2. The summed E-state index contributed by atoms with van der Waals surface area (Å²) >= 11 is 1.22. The third-order valence-corrected chi connectivity index (χ3v) is 7.41. The minimum absolute atomic E-state index is 0.233. The van der Waals surface area contributed by atoms with Crippen molar-refractivity contribution >= 4 is 56.5 Å². The number of ether oxygens (including phenoxy) is 1.